The molecule has 0 radical (unpaired) electrons. The molecule has 1 fully saturated rings. The van der Waals surface area contributed by atoms with Gasteiger partial charge in [0.25, 0.3) is 0 Å². The molecular weight excluding hydrogens is 270 g/mol. The Morgan fingerprint density at radius 3 is 2.90 bits per heavy atom. The third kappa shape index (κ3) is 3.06. The Morgan fingerprint density at radius 2 is 2.14 bits per heavy atom. The number of rotatable bonds is 4. The molecule has 3 rings (SSSR count). The van der Waals surface area contributed by atoms with Crippen molar-refractivity contribution in [3.8, 4) is 0 Å². The van der Waals surface area contributed by atoms with Crippen LogP contribution in [0, 0.1) is 0 Å². The van der Waals surface area contributed by atoms with E-state index in [4.69, 9.17) is 9.47 Å². The molecule has 6 heteroatoms. The molecule has 1 aromatic heterocycles. The zero-order valence-electron chi connectivity index (χ0n) is 12.1. The van der Waals surface area contributed by atoms with Crippen molar-refractivity contribution >= 4 is 17.0 Å². The van der Waals surface area contributed by atoms with Crippen LogP contribution in [0.5, 0.6) is 0 Å². The van der Waals surface area contributed by atoms with Gasteiger partial charge in [0.2, 0.25) is 0 Å². The van der Waals surface area contributed by atoms with E-state index < -0.39 is 0 Å². The van der Waals surface area contributed by atoms with E-state index in [9.17, 15) is 4.79 Å². The molecule has 0 aliphatic carbocycles. The average molecular weight is 289 g/mol. The zero-order valence-corrected chi connectivity index (χ0v) is 12.1. The SMILES string of the molecule is COC(=O)c1ccc2ncn(CCN3CCOCC3)c2c1. The Bertz CT molecular complexity index is 632. The number of fused-ring (bicyclic) bond motifs is 1. The molecule has 1 aliphatic rings. The molecule has 0 N–H and O–H groups in total. The predicted octanol–water partition coefficient (Wildman–Crippen LogP) is 1.16. The highest BCUT2D eigenvalue weighted by atomic mass is 16.5. The summed E-state index contributed by atoms with van der Waals surface area (Å²) in [6.45, 7) is 5.35. The van der Waals surface area contributed by atoms with Gasteiger partial charge in [0.05, 0.1) is 43.2 Å². The van der Waals surface area contributed by atoms with Gasteiger partial charge in [0.1, 0.15) is 0 Å². The van der Waals surface area contributed by atoms with Crippen LogP contribution in [0.4, 0.5) is 0 Å². The van der Waals surface area contributed by atoms with Gasteiger partial charge < -0.3 is 14.0 Å². The first kappa shape index (κ1) is 14.0. The van der Waals surface area contributed by atoms with Gasteiger partial charge in [0, 0.05) is 26.2 Å². The van der Waals surface area contributed by atoms with Crippen molar-refractivity contribution in [1.82, 2.24) is 14.5 Å². The van der Waals surface area contributed by atoms with Crippen molar-refractivity contribution in [3.05, 3.63) is 30.1 Å². The second kappa shape index (κ2) is 6.24. The van der Waals surface area contributed by atoms with Gasteiger partial charge in [0.15, 0.2) is 0 Å². The summed E-state index contributed by atoms with van der Waals surface area (Å²) in [5, 5.41) is 0. The highest BCUT2D eigenvalue weighted by molar-refractivity contribution is 5.93. The fourth-order valence-corrected chi connectivity index (χ4v) is 2.55. The molecule has 0 saturated carbocycles. The van der Waals surface area contributed by atoms with E-state index in [-0.39, 0.29) is 5.97 Å². The number of hydrogen-bond donors (Lipinski definition) is 0. The van der Waals surface area contributed by atoms with E-state index in [1.165, 1.54) is 7.11 Å². The minimum absolute atomic E-state index is 0.321. The molecule has 1 aliphatic heterocycles. The number of morpholine rings is 1. The number of nitrogens with zero attached hydrogens (tertiary/aromatic N) is 3. The van der Waals surface area contributed by atoms with Crippen molar-refractivity contribution < 1.29 is 14.3 Å². The standard InChI is InChI=1S/C15H19N3O3/c1-20-15(19)12-2-3-13-14(10-12)18(11-16-13)5-4-17-6-8-21-9-7-17/h2-3,10-11H,4-9H2,1H3. The molecule has 0 unspecified atom stereocenters. The van der Waals surface area contributed by atoms with Gasteiger partial charge in [-0.1, -0.05) is 0 Å². The van der Waals surface area contributed by atoms with Crippen LogP contribution in [0.25, 0.3) is 11.0 Å². The van der Waals surface area contributed by atoms with Crippen LogP contribution in [-0.4, -0.2) is 60.4 Å². The Labute approximate surface area is 123 Å². The lowest BCUT2D eigenvalue weighted by Gasteiger charge is -2.26. The fraction of sp³-hybridized carbons (Fsp3) is 0.467. The summed E-state index contributed by atoms with van der Waals surface area (Å²) in [5.41, 5.74) is 2.41. The maximum atomic E-state index is 11.6. The van der Waals surface area contributed by atoms with E-state index in [0.717, 1.165) is 50.4 Å². The molecule has 2 heterocycles. The summed E-state index contributed by atoms with van der Waals surface area (Å²) in [6, 6.07) is 5.44. The van der Waals surface area contributed by atoms with E-state index in [1.54, 1.807) is 6.07 Å². The Hall–Kier alpha value is -1.92. The first-order chi connectivity index (χ1) is 10.3. The molecule has 6 nitrogen and oxygen atoms in total. The highest BCUT2D eigenvalue weighted by Gasteiger charge is 2.12. The van der Waals surface area contributed by atoms with E-state index in [2.05, 4.69) is 14.5 Å². The third-order valence-electron chi connectivity index (χ3n) is 3.80. The van der Waals surface area contributed by atoms with Gasteiger partial charge in [-0.05, 0) is 18.2 Å². The smallest absolute Gasteiger partial charge is 0.337 e. The number of carbonyl (C=O) groups excluding carboxylic acids is 1. The number of esters is 1. The molecule has 1 saturated heterocycles. The molecule has 0 atom stereocenters. The van der Waals surface area contributed by atoms with Crippen molar-refractivity contribution in [1.29, 1.82) is 0 Å². The van der Waals surface area contributed by atoms with Crippen LogP contribution in [0.1, 0.15) is 10.4 Å². The number of hydrogen-bond acceptors (Lipinski definition) is 5. The quantitative estimate of drug-likeness (QED) is 0.790. The molecule has 1 aromatic carbocycles. The normalized spacial score (nSPS) is 16.2. The van der Waals surface area contributed by atoms with Crippen LogP contribution >= 0.6 is 0 Å². The maximum Gasteiger partial charge on any atom is 0.337 e. The lowest BCUT2D eigenvalue weighted by atomic mass is 10.2. The second-order valence-corrected chi connectivity index (χ2v) is 5.09. The third-order valence-corrected chi connectivity index (χ3v) is 3.80. The Balaban J connectivity index is 1.76. The number of aromatic nitrogens is 2. The fourth-order valence-electron chi connectivity index (χ4n) is 2.55. The minimum Gasteiger partial charge on any atom is -0.465 e. The first-order valence-corrected chi connectivity index (χ1v) is 7.11. The van der Waals surface area contributed by atoms with Crippen LogP contribution in [0.2, 0.25) is 0 Å². The molecule has 21 heavy (non-hydrogen) atoms. The van der Waals surface area contributed by atoms with Crippen LogP contribution < -0.4 is 0 Å². The van der Waals surface area contributed by atoms with Gasteiger partial charge in [-0.25, -0.2) is 9.78 Å². The monoisotopic (exact) mass is 289 g/mol. The number of benzene rings is 1. The van der Waals surface area contributed by atoms with Gasteiger partial charge in [-0.15, -0.1) is 0 Å². The van der Waals surface area contributed by atoms with Crippen molar-refractivity contribution in [2.45, 2.75) is 6.54 Å². The molecule has 0 amide bonds. The molecule has 112 valence electrons. The van der Waals surface area contributed by atoms with Crippen molar-refractivity contribution in [2.75, 3.05) is 40.0 Å². The summed E-state index contributed by atoms with van der Waals surface area (Å²) in [6.07, 6.45) is 1.83. The van der Waals surface area contributed by atoms with Crippen LogP contribution in [0.3, 0.4) is 0 Å². The lowest BCUT2D eigenvalue weighted by Crippen LogP contribution is -2.38. The maximum absolute atomic E-state index is 11.6. The molecular formula is C15H19N3O3. The van der Waals surface area contributed by atoms with Gasteiger partial charge >= 0.3 is 5.97 Å². The predicted molar refractivity (Wildman–Crippen MR) is 78.3 cm³/mol. The van der Waals surface area contributed by atoms with E-state index >= 15 is 0 Å². The zero-order chi connectivity index (χ0) is 14.7. The summed E-state index contributed by atoms with van der Waals surface area (Å²) in [5.74, 6) is -0.321. The van der Waals surface area contributed by atoms with E-state index in [0.29, 0.717) is 5.56 Å². The number of methoxy groups -OCH3 is 1. The Morgan fingerprint density at radius 1 is 1.33 bits per heavy atom. The van der Waals surface area contributed by atoms with Crippen LogP contribution in [0.15, 0.2) is 24.5 Å². The second-order valence-electron chi connectivity index (χ2n) is 5.09. The lowest BCUT2D eigenvalue weighted by molar-refractivity contribution is 0.0365. The minimum atomic E-state index is -0.321. The van der Waals surface area contributed by atoms with Gasteiger partial charge in [-0.3, -0.25) is 4.90 Å². The summed E-state index contributed by atoms with van der Waals surface area (Å²) in [4.78, 5) is 18.4. The average Bonchev–Trinajstić information content (AvgIpc) is 2.95. The topological polar surface area (TPSA) is 56.6 Å². The van der Waals surface area contributed by atoms with E-state index in [1.807, 2.05) is 18.5 Å². The van der Waals surface area contributed by atoms with Crippen molar-refractivity contribution in [2.24, 2.45) is 0 Å². The number of carbonyl (C=O) groups is 1. The van der Waals surface area contributed by atoms with Crippen molar-refractivity contribution in [3.63, 3.8) is 0 Å². The highest BCUT2D eigenvalue weighted by Crippen LogP contribution is 2.16. The molecule has 0 bridgehead atoms. The molecule has 2 aromatic rings. The largest absolute Gasteiger partial charge is 0.465 e. The summed E-state index contributed by atoms with van der Waals surface area (Å²) >= 11 is 0. The first-order valence-electron chi connectivity index (χ1n) is 7.11. The molecule has 0 spiro atoms. The summed E-state index contributed by atoms with van der Waals surface area (Å²) < 4.78 is 12.2. The number of ether oxygens (including phenoxy) is 2. The van der Waals surface area contributed by atoms with Gasteiger partial charge in [-0.2, -0.15) is 0 Å². The summed E-state index contributed by atoms with van der Waals surface area (Å²) in [7, 11) is 1.39. The van der Waals surface area contributed by atoms with Crippen LogP contribution in [-0.2, 0) is 16.0 Å². The number of imidazole rings is 1. The Kier molecular flexibility index (Phi) is 4.17.